The van der Waals surface area contributed by atoms with Crippen molar-refractivity contribution in [2.75, 3.05) is 14.1 Å². The molecule has 1 saturated carbocycles. The van der Waals surface area contributed by atoms with Gasteiger partial charge in [-0.3, -0.25) is 0 Å². The lowest BCUT2D eigenvalue weighted by Crippen LogP contribution is -2.43. The fourth-order valence-corrected chi connectivity index (χ4v) is 2.18. The fourth-order valence-electron chi connectivity index (χ4n) is 2.18. The molecule has 1 aliphatic rings. The first-order valence-corrected chi connectivity index (χ1v) is 5.43. The minimum absolute atomic E-state index is 0.366. The number of hydrogen-bond acceptors (Lipinski definition) is 2. The first-order chi connectivity index (χ1) is 6.11. The van der Waals surface area contributed by atoms with E-state index in [1.165, 1.54) is 25.7 Å². The molecule has 1 aliphatic carbocycles. The molecule has 13 heavy (non-hydrogen) atoms. The summed E-state index contributed by atoms with van der Waals surface area (Å²) in [5, 5.41) is 0. The van der Waals surface area contributed by atoms with Gasteiger partial charge in [-0.15, -0.1) is 0 Å². The monoisotopic (exact) mass is 185 g/mol. The van der Waals surface area contributed by atoms with Crippen LogP contribution in [0, 0.1) is 0 Å². The second-order valence-electron chi connectivity index (χ2n) is 4.54. The normalized spacial score (nSPS) is 30.0. The third kappa shape index (κ3) is 3.28. The molecule has 0 bridgehead atoms. The van der Waals surface area contributed by atoms with E-state index in [9.17, 15) is 0 Å². The maximum absolute atomic E-state index is 5.92. The molecule has 0 unspecified atom stereocenters. The molecule has 0 heterocycles. The SMILES string of the molecule is CC(C)O[C@@H]1CCCC[C@H]1N(C)C. The van der Waals surface area contributed by atoms with Gasteiger partial charge in [0.2, 0.25) is 0 Å². The highest BCUT2D eigenvalue weighted by molar-refractivity contribution is 4.81. The average molecular weight is 185 g/mol. The van der Waals surface area contributed by atoms with Gasteiger partial charge in [-0.05, 0) is 40.8 Å². The lowest BCUT2D eigenvalue weighted by atomic mass is 9.91. The molecule has 0 aromatic heterocycles. The maximum Gasteiger partial charge on any atom is 0.0733 e. The van der Waals surface area contributed by atoms with Crippen molar-refractivity contribution in [1.82, 2.24) is 4.90 Å². The van der Waals surface area contributed by atoms with Crippen LogP contribution in [-0.2, 0) is 4.74 Å². The van der Waals surface area contributed by atoms with Crippen molar-refractivity contribution in [1.29, 1.82) is 0 Å². The van der Waals surface area contributed by atoms with Gasteiger partial charge in [0.15, 0.2) is 0 Å². The smallest absolute Gasteiger partial charge is 0.0733 e. The Bertz CT molecular complexity index is 145. The van der Waals surface area contributed by atoms with E-state index < -0.39 is 0 Å². The minimum Gasteiger partial charge on any atom is -0.374 e. The van der Waals surface area contributed by atoms with Crippen LogP contribution in [0.1, 0.15) is 39.5 Å². The summed E-state index contributed by atoms with van der Waals surface area (Å²) in [5.74, 6) is 0. The Morgan fingerprint density at radius 1 is 1.15 bits per heavy atom. The van der Waals surface area contributed by atoms with E-state index in [0.717, 1.165) is 0 Å². The molecule has 2 nitrogen and oxygen atoms in total. The van der Waals surface area contributed by atoms with Crippen LogP contribution in [-0.4, -0.2) is 37.2 Å². The molecule has 1 rings (SSSR count). The van der Waals surface area contributed by atoms with E-state index in [1.807, 2.05) is 0 Å². The molecule has 0 amide bonds. The highest BCUT2D eigenvalue weighted by Gasteiger charge is 2.27. The fraction of sp³-hybridized carbons (Fsp3) is 1.00. The summed E-state index contributed by atoms with van der Waals surface area (Å²) >= 11 is 0. The predicted octanol–water partition coefficient (Wildman–Crippen LogP) is 2.28. The lowest BCUT2D eigenvalue weighted by molar-refractivity contribution is -0.0534. The van der Waals surface area contributed by atoms with Gasteiger partial charge in [0.1, 0.15) is 0 Å². The molecular formula is C11H23NO. The number of likely N-dealkylation sites (N-methyl/N-ethyl adjacent to an activating group) is 1. The number of nitrogens with zero attached hydrogens (tertiary/aromatic N) is 1. The summed E-state index contributed by atoms with van der Waals surface area (Å²) in [4.78, 5) is 2.31. The highest BCUT2D eigenvalue weighted by Crippen LogP contribution is 2.24. The zero-order valence-corrected chi connectivity index (χ0v) is 9.42. The van der Waals surface area contributed by atoms with E-state index in [-0.39, 0.29) is 0 Å². The van der Waals surface area contributed by atoms with Gasteiger partial charge in [0.05, 0.1) is 12.2 Å². The van der Waals surface area contributed by atoms with Gasteiger partial charge >= 0.3 is 0 Å². The van der Waals surface area contributed by atoms with E-state index in [2.05, 4.69) is 32.8 Å². The van der Waals surface area contributed by atoms with Crippen LogP contribution in [0.4, 0.5) is 0 Å². The van der Waals surface area contributed by atoms with Crippen molar-refractivity contribution in [3.63, 3.8) is 0 Å². The zero-order valence-electron chi connectivity index (χ0n) is 9.42. The van der Waals surface area contributed by atoms with Crippen molar-refractivity contribution in [3.05, 3.63) is 0 Å². The minimum atomic E-state index is 0.366. The van der Waals surface area contributed by atoms with Crippen LogP contribution in [0.2, 0.25) is 0 Å². The third-order valence-electron chi connectivity index (χ3n) is 2.78. The summed E-state index contributed by atoms with van der Waals surface area (Å²) in [7, 11) is 4.32. The molecule has 0 aromatic carbocycles. The largest absolute Gasteiger partial charge is 0.374 e. The molecule has 0 N–H and O–H groups in total. The van der Waals surface area contributed by atoms with E-state index in [4.69, 9.17) is 4.74 Å². The van der Waals surface area contributed by atoms with Crippen LogP contribution < -0.4 is 0 Å². The van der Waals surface area contributed by atoms with Crippen molar-refractivity contribution >= 4 is 0 Å². The van der Waals surface area contributed by atoms with E-state index in [1.54, 1.807) is 0 Å². The first-order valence-electron chi connectivity index (χ1n) is 5.43. The Balaban J connectivity index is 2.46. The summed E-state index contributed by atoms with van der Waals surface area (Å²) < 4.78 is 5.92. The van der Waals surface area contributed by atoms with Gasteiger partial charge in [-0.2, -0.15) is 0 Å². The standard InChI is InChI=1S/C11H23NO/c1-9(2)13-11-8-6-5-7-10(11)12(3)4/h9-11H,5-8H2,1-4H3/t10-,11-/m1/s1. The van der Waals surface area contributed by atoms with Crippen LogP contribution >= 0.6 is 0 Å². The van der Waals surface area contributed by atoms with Gasteiger partial charge in [0, 0.05) is 6.04 Å². The summed E-state index contributed by atoms with van der Waals surface area (Å²) in [5.41, 5.74) is 0. The summed E-state index contributed by atoms with van der Waals surface area (Å²) in [6, 6.07) is 0.635. The summed E-state index contributed by atoms with van der Waals surface area (Å²) in [6.07, 6.45) is 6.06. The topological polar surface area (TPSA) is 12.5 Å². The van der Waals surface area contributed by atoms with E-state index >= 15 is 0 Å². The van der Waals surface area contributed by atoms with E-state index in [0.29, 0.717) is 18.2 Å². The molecule has 2 heteroatoms. The molecule has 0 aliphatic heterocycles. The van der Waals surface area contributed by atoms with Gasteiger partial charge in [-0.25, -0.2) is 0 Å². The van der Waals surface area contributed by atoms with Gasteiger partial charge < -0.3 is 9.64 Å². The molecule has 78 valence electrons. The summed E-state index contributed by atoms with van der Waals surface area (Å²) in [6.45, 7) is 4.25. The van der Waals surface area contributed by atoms with Crippen LogP contribution in [0.5, 0.6) is 0 Å². The third-order valence-corrected chi connectivity index (χ3v) is 2.78. The molecule has 0 aromatic rings. The van der Waals surface area contributed by atoms with Gasteiger partial charge in [-0.1, -0.05) is 12.8 Å². The van der Waals surface area contributed by atoms with Crippen molar-refractivity contribution in [3.8, 4) is 0 Å². The van der Waals surface area contributed by atoms with Crippen molar-refractivity contribution in [2.24, 2.45) is 0 Å². The molecular weight excluding hydrogens is 162 g/mol. The number of rotatable bonds is 3. The van der Waals surface area contributed by atoms with Crippen LogP contribution in [0.3, 0.4) is 0 Å². The molecule has 0 radical (unpaired) electrons. The van der Waals surface area contributed by atoms with Crippen molar-refractivity contribution in [2.45, 2.75) is 57.8 Å². The maximum atomic E-state index is 5.92. The second-order valence-corrected chi connectivity index (χ2v) is 4.54. The molecule has 2 atom stereocenters. The molecule has 0 saturated heterocycles. The molecule has 1 fully saturated rings. The Hall–Kier alpha value is -0.0800. The predicted molar refractivity (Wildman–Crippen MR) is 56.0 cm³/mol. The highest BCUT2D eigenvalue weighted by atomic mass is 16.5. The Morgan fingerprint density at radius 3 is 2.31 bits per heavy atom. The quantitative estimate of drug-likeness (QED) is 0.669. The van der Waals surface area contributed by atoms with Gasteiger partial charge in [0.25, 0.3) is 0 Å². The number of hydrogen-bond donors (Lipinski definition) is 0. The van der Waals surface area contributed by atoms with Crippen molar-refractivity contribution < 1.29 is 4.74 Å². The first kappa shape index (κ1) is 11.0. The Morgan fingerprint density at radius 2 is 1.77 bits per heavy atom. The Kier molecular flexibility index (Phi) is 4.20. The second kappa shape index (κ2) is 4.97. The van der Waals surface area contributed by atoms with Crippen LogP contribution in [0.25, 0.3) is 0 Å². The zero-order chi connectivity index (χ0) is 9.84. The average Bonchev–Trinajstić information content (AvgIpc) is 2.03. The number of ether oxygens (including phenoxy) is 1. The van der Waals surface area contributed by atoms with Crippen LogP contribution in [0.15, 0.2) is 0 Å². The molecule has 0 spiro atoms. The Labute approximate surface area is 82.3 Å². The lowest BCUT2D eigenvalue weighted by Gasteiger charge is -2.36.